The Hall–Kier alpha value is -4.91. The maximum atomic E-state index is 13.4. The van der Waals surface area contributed by atoms with E-state index in [4.69, 9.17) is 0 Å². The van der Waals surface area contributed by atoms with Crippen LogP contribution in [-0.4, -0.2) is 38.3 Å². The molecule has 0 spiro atoms. The first-order valence-corrected chi connectivity index (χ1v) is 11.7. The van der Waals surface area contributed by atoms with Crippen molar-refractivity contribution in [1.82, 2.24) is 20.3 Å². The van der Waals surface area contributed by atoms with Gasteiger partial charge in [-0.3, -0.25) is 9.59 Å². The third kappa shape index (κ3) is 3.76. The van der Waals surface area contributed by atoms with Gasteiger partial charge in [0.25, 0.3) is 5.91 Å². The van der Waals surface area contributed by atoms with Gasteiger partial charge in [0.2, 0.25) is 5.78 Å². The van der Waals surface area contributed by atoms with Crippen LogP contribution in [0.3, 0.4) is 0 Å². The number of nitrogens with one attached hydrogen (secondary N) is 3. The summed E-state index contributed by atoms with van der Waals surface area (Å²) < 4.78 is 0. The Labute approximate surface area is 205 Å². The van der Waals surface area contributed by atoms with Crippen LogP contribution in [0.2, 0.25) is 0 Å². The van der Waals surface area contributed by atoms with E-state index in [1.807, 2.05) is 48.7 Å². The van der Waals surface area contributed by atoms with Gasteiger partial charge < -0.3 is 20.4 Å². The van der Waals surface area contributed by atoms with E-state index in [0.29, 0.717) is 24.0 Å². The first-order valence-electron chi connectivity index (χ1n) is 11.7. The fourth-order valence-corrected chi connectivity index (χ4v) is 4.62. The molecule has 7 heteroatoms. The fourth-order valence-electron chi connectivity index (χ4n) is 4.62. The van der Waals surface area contributed by atoms with Gasteiger partial charge in [-0.25, -0.2) is 4.98 Å². The monoisotopic (exact) mass is 474 g/mol. The molecule has 0 radical (unpaired) electrons. The molecule has 3 aromatic carbocycles. The van der Waals surface area contributed by atoms with E-state index in [2.05, 4.69) is 26.3 Å². The molecule has 0 bridgehead atoms. The molecule has 0 saturated carbocycles. The zero-order chi connectivity index (χ0) is 24.6. The standard InChI is InChI=1S/C29H22N4O3/c34-19-11-9-17(10-12-19)28(35)27-26-22(21-6-2-4-8-24(21)32-26)15-25(33-27)29(36)30-14-13-18-16-31-23-7-3-1-5-20(18)23/h1-12,15-16,31-32,34H,13-14H2,(H,30,36). The first kappa shape index (κ1) is 21.6. The molecule has 176 valence electrons. The first-order chi connectivity index (χ1) is 17.6. The molecule has 6 aromatic rings. The number of phenolic OH excluding ortho intramolecular Hbond substituents is 1. The van der Waals surface area contributed by atoms with Crippen molar-refractivity contribution >= 4 is 44.4 Å². The molecule has 0 aliphatic heterocycles. The number of ketones is 1. The van der Waals surface area contributed by atoms with E-state index in [9.17, 15) is 14.7 Å². The third-order valence-corrected chi connectivity index (χ3v) is 6.43. The van der Waals surface area contributed by atoms with Crippen molar-refractivity contribution in [1.29, 1.82) is 0 Å². The molecule has 0 fully saturated rings. The minimum Gasteiger partial charge on any atom is -0.508 e. The van der Waals surface area contributed by atoms with Gasteiger partial charge in [0, 0.05) is 45.5 Å². The molecule has 0 unspecified atom stereocenters. The number of amides is 1. The highest BCUT2D eigenvalue weighted by molar-refractivity contribution is 6.20. The number of aromatic hydroxyl groups is 1. The number of para-hydroxylation sites is 2. The van der Waals surface area contributed by atoms with E-state index in [-0.39, 0.29) is 28.8 Å². The Balaban J connectivity index is 1.34. The van der Waals surface area contributed by atoms with Crippen molar-refractivity contribution in [3.63, 3.8) is 0 Å². The predicted octanol–water partition coefficient (Wildman–Crippen LogP) is 5.11. The van der Waals surface area contributed by atoms with Crippen LogP contribution < -0.4 is 5.32 Å². The fraction of sp³-hybridized carbons (Fsp3) is 0.0690. The topological polar surface area (TPSA) is 111 Å². The second-order valence-electron chi connectivity index (χ2n) is 8.69. The number of carbonyl (C=O) groups excluding carboxylic acids is 2. The lowest BCUT2D eigenvalue weighted by atomic mass is 10.0. The van der Waals surface area contributed by atoms with Gasteiger partial charge in [0.15, 0.2) is 0 Å². The molecule has 0 atom stereocenters. The van der Waals surface area contributed by atoms with E-state index in [0.717, 1.165) is 32.8 Å². The molecule has 0 saturated heterocycles. The Kier molecular flexibility index (Phi) is 5.22. The van der Waals surface area contributed by atoms with Crippen molar-refractivity contribution in [2.75, 3.05) is 6.54 Å². The summed E-state index contributed by atoms with van der Waals surface area (Å²) in [6.45, 7) is 0.426. The van der Waals surface area contributed by atoms with Crippen molar-refractivity contribution in [2.24, 2.45) is 0 Å². The van der Waals surface area contributed by atoms with Crippen molar-refractivity contribution in [3.05, 3.63) is 108 Å². The lowest BCUT2D eigenvalue weighted by Gasteiger charge is -2.08. The molecule has 3 aromatic heterocycles. The number of carbonyl (C=O) groups is 2. The van der Waals surface area contributed by atoms with Gasteiger partial charge >= 0.3 is 0 Å². The maximum Gasteiger partial charge on any atom is 0.269 e. The molecule has 36 heavy (non-hydrogen) atoms. The van der Waals surface area contributed by atoms with E-state index < -0.39 is 0 Å². The second kappa shape index (κ2) is 8.70. The van der Waals surface area contributed by atoms with E-state index >= 15 is 0 Å². The summed E-state index contributed by atoms with van der Waals surface area (Å²) >= 11 is 0. The smallest absolute Gasteiger partial charge is 0.269 e. The number of hydrogen-bond donors (Lipinski definition) is 4. The molecule has 0 aliphatic carbocycles. The number of phenols is 1. The Morgan fingerprint density at radius 3 is 2.39 bits per heavy atom. The second-order valence-corrected chi connectivity index (χ2v) is 8.69. The average Bonchev–Trinajstić information content (AvgIpc) is 3.49. The number of nitrogens with zero attached hydrogens (tertiary/aromatic N) is 1. The maximum absolute atomic E-state index is 13.4. The molecular formula is C29H22N4O3. The van der Waals surface area contributed by atoms with Crippen LogP contribution in [0.5, 0.6) is 5.75 Å². The van der Waals surface area contributed by atoms with Crippen LogP contribution in [0.25, 0.3) is 32.7 Å². The van der Waals surface area contributed by atoms with Gasteiger partial charge in [-0.05, 0) is 54.4 Å². The molecule has 4 N–H and O–H groups in total. The molecule has 3 heterocycles. The van der Waals surface area contributed by atoms with Crippen LogP contribution in [-0.2, 0) is 6.42 Å². The molecule has 0 aliphatic rings. The number of aromatic nitrogens is 3. The van der Waals surface area contributed by atoms with E-state index in [1.54, 1.807) is 18.2 Å². The Morgan fingerprint density at radius 1 is 0.861 bits per heavy atom. The van der Waals surface area contributed by atoms with Gasteiger partial charge in [-0.1, -0.05) is 36.4 Å². The Bertz CT molecular complexity index is 1760. The average molecular weight is 475 g/mol. The molecule has 1 amide bonds. The quantitative estimate of drug-likeness (QED) is 0.252. The van der Waals surface area contributed by atoms with E-state index in [1.165, 1.54) is 12.1 Å². The van der Waals surface area contributed by atoms with Gasteiger partial charge in [0.1, 0.15) is 17.1 Å². The number of fused-ring (bicyclic) bond motifs is 4. The summed E-state index contributed by atoms with van der Waals surface area (Å²) in [5.74, 6) is -0.611. The molecule has 7 nitrogen and oxygen atoms in total. The highest BCUT2D eigenvalue weighted by Gasteiger charge is 2.21. The number of rotatable bonds is 6. The van der Waals surface area contributed by atoms with Crippen LogP contribution in [0.1, 0.15) is 32.1 Å². The largest absolute Gasteiger partial charge is 0.508 e. The van der Waals surface area contributed by atoms with Crippen molar-refractivity contribution in [2.45, 2.75) is 6.42 Å². The van der Waals surface area contributed by atoms with Gasteiger partial charge in [-0.15, -0.1) is 0 Å². The summed E-state index contributed by atoms with van der Waals surface area (Å²) in [4.78, 5) is 37.6. The minimum atomic E-state index is -0.346. The zero-order valence-electron chi connectivity index (χ0n) is 19.2. The third-order valence-electron chi connectivity index (χ3n) is 6.43. The minimum absolute atomic E-state index is 0.0681. The number of benzene rings is 3. The highest BCUT2D eigenvalue weighted by atomic mass is 16.3. The number of aromatic amines is 2. The van der Waals surface area contributed by atoms with Crippen molar-refractivity contribution < 1.29 is 14.7 Å². The lowest BCUT2D eigenvalue weighted by Crippen LogP contribution is -2.27. The lowest BCUT2D eigenvalue weighted by molar-refractivity contribution is 0.0949. The summed E-state index contributed by atoms with van der Waals surface area (Å²) in [6.07, 6.45) is 2.62. The predicted molar refractivity (Wildman–Crippen MR) is 139 cm³/mol. The molecule has 6 rings (SSSR count). The summed E-state index contributed by atoms with van der Waals surface area (Å²) in [5, 5.41) is 15.4. The van der Waals surface area contributed by atoms with Crippen LogP contribution >= 0.6 is 0 Å². The SMILES string of the molecule is O=C(NCCc1c[nH]c2ccccc12)c1cc2c([nH]c3ccccc32)c(C(=O)c2ccc(O)cc2)n1. The number of H-pyrrole nitrogens is 2. The van der Waals surface area contributed by atoms with Crippen LogP contribution in [0.4, 0.5) is 0 Å². The summed E-state index contributed by atoms with van der Waals surface area (Å²) in [5.41, 5.74) is 4.31. The number of hydrogen-bond acceptors (Lipinski definition) is 4. The number of pyridine rings is 1. The summed E-state index contributed by atoms with van der Waals surface area (Å²) in [7, 11) is 0. The Morgan fingerprint density at radius 2 is 1.58 bits per heavy atom. The zero-order valence-corrected chi connectivity index (χ0v) is 19.2. The van der Waals surface area contributed by atoms with Gasteiger partial charge in [-0.2, -0.15) is 0 Å². The van der Waals surface area contributed by atoms with Crippen LogP contribution in [0, 0.1) is 0 Å². The van der Waals surface area contributed by atoms with Crippen molar-refractivity contribution in [3.8, 4) is 5.75 Å². The highest BCUT2D eigenvalue weighted by Crippen LogP contribution is 2.29. The molecular weight excluding hydrogens is 452 g/mol. The van der Waals surface area contributed by atoms with Gasteiger partial charge in [0.05, 0.1) is 5.52 Å². The van der Waals surface area contributed by atoms with Crippen LogP contribution in [0.15, 0.2) is 85.1 Å². The summed E-state index contributed by atoms with van der Waals surface area (Å²) in [6, 6.07) is 23.5. The normalized spacial score (nSPS) is 11.3.